The molecule has 0 unspecified atom stereocenters. The Kier molecular flexibility index (Phi) is 5.17. The van der Waals surface area contributed by atoms with Crippen LogP contribution in [-0.2, 0) is 10.2 Å². The van der Waals surface area contributed by atoms with Crippen molar-refractivity contribution in [3.8, 4) is 11.8 Å². The van der Waals surface area contributed by atoms with Gasteiger partial charge in [0.2, 0.25) is 0 Å². The quantitative estimate of drug-likeness (QED) is 0.836. The number of nitrogens with zero attached hydrogens (tertiary/aromatic N) is 2. The van der Waals surface area contributed by atoms with Crippen LogP contribution in [0.5, 0.6) is 5.75 Å². The number of nitrogens with one attached hydrogen (secondary N) is 1. The van der Waals surface area contributed by atoms with E-state index in [0.717, 1.165) is 25.7 Å². The zero-order valence-electron chi connectivity index (χ0n) is 15.8. The molecule has 2 aliphatic heterocycles. The summed E-state index contributed by atoms with van der Waals surface area (Å²) in [7, 11) is -3.51. The zero-order valence-corrected chi connectivity index (χ0v) is 16.6. The van der Waals surface area contributed by atoms with Crippen molar-refractivity contribution in [2.75, 3.05) is 13.1 Å². The first-order chi connectivity index (χ1) is 13.4. The summed E-state index contributed by atoms with van der Waals surface area (Å²) in [4.78, 5) is 12.6. The summed E-state index contributed by atoms with van der Waals surface area (Å²) in [5, 5.41) is 9.02. The smallest absolute Gasteiger partial charge is 0.279 e. The number of ketones is 1. The monoisotopic (exact) mass is 403 g/mol. The summed E-state index contributed by atoms with van der Waals surface area (Å²) in [6.07, 6.45) is 6.28. The van der Waals surface area contributed by atoms with Gasteiger partial charge in [0, 0.05) is 32.0 Å². The van der Waals surface area contributed by atoms with Crippen molar-refractivity contribution in [2.24, 2.45) is 0 Å². The molecule has 150 valence electrons. The molecule has 28 heavy (non-hydrogen) atoms. The van der Waals surface area contributed by atoms with Crippen LogP contribution in [0.15, 0.2) is 18.2 Å². The molecule has 4 rings (SSSR count). The molecule has 0 atom stereocenters. The van der Waals surface area contributed by atoms with E-state index in [1.54, 1.807) is 18.2 Å². The standard InChI is InChI=1S/C20H25N3O4S/c21-14-15-6-7-19-17(12-15)18(24)13-20(27-19)8-10-23(11-9-20)28(25,26)22-16-4-2-1-3-5-16/h6-7,12,16,22H,1-5,8-11,13H2. The van der Waals surface area contributed by atoms with Gasteiger partial charge in [0.05, 0.1) is 23.6 Å². The molecule has 0 bridgehead atoms. The maximum Gasteiger partial charge on any atom is 0.279 e. The predicted molar refractivity (Wildman–Crippen MR) is 103 cm³/mol. The third kappa shape index (κ3) is 3.79. The van der Waals surface area contributed by atoms with Crippen LogP contribution in [0.4, 0.5) is 0 Å². The van der Waals surface area contributed by atoms with Gasteiger partial charge in [-0.25, -0.2) is 0 Å². The van der Waals surface area contributed by atoms with E-state index in [2.05, 4.69) is 4.72 Å². The number of carbonyl (C=O) groups is 1. The molecule has 1 saturated heterocycles. The fourth-order valence-corrected chi connectivity index (χ4v) is 5.95. The summed E-state index contributed by atoms with van der Waals surface area (Å²) in [6, 6.07) is 6.94. The van der Waals surface area contributed by atoms with E-state index in [-0.39, 0.29) is 18.2 Å². The Morgan fingerprint density at radius 3 is 2.57 bits per heavy atom. The molecule has 7 nitrogen and oxygen atoms in total. The van der Waals surface area contributed by atoms with E-state index < -0.39 is 15.8 Å². The van der Waals surface area contributed by atoms with Gasteiger partial charge in [-0.15, -0.1) is 0 Å². The lowest BCUT2D eigenvalue weighted by molar-refractivity contribution is 0.00567. The third-order valence-corrected chi connectivity index (χ3v) is 7.79. The van der Waals surface area contributed by atoms with Crippen molar-refractivity contribution in [3.05, 3.63) is 29.3 Å². The number of benzene rings is 1. The number of carbonyl (C=O) groups excluding carboxylic acids is 1. The number of ether oxygens (including phenoxy) is 1. The van der Waals surface area contributed by atoms with Crippen molar-refractivity contribution < 1.29 is 17.9 Å². The Balaban J connectivity index is 1.43. The summed E-state index contributed by atoms with van der Waals surface area (Å²) in [6.45, 7) is 0.669. The lowest BCUT2D eigenvalue weighted by Crippen LogP contribution is -2.55. The molecule has 3 aliphatic rings. The highest BCUT2D eigenvalue weighted by Crippen LogP contribution is 2.40. The van der Waals surface area contributed by atoms with Gasteiger partial charge in [-0.2, -0.15) is 22.7 Å². The number of Topliss-reactive ketones (excluding diaryl/α,β-unsaturated/α-hetero) is 1. The van der Waals surface area contributed by atoms with Crippen LogP contribution in [0.3, 0.4) is 0 Å². The highest BCUT2D eigenvalue weighted by molar-refractivity contribution is 7.87. The first kappa shape index (κ1) is 19.4. The molecule has 0 radical (unpaired) electrons. The van der Waals surface area contributed by atoms with Crippen LogP contribution in [0, 0.1) is 11.3 Å². The van der Waals surface area contributed by atoms with Crippen molar-refractivity contribution >= 4 is 16.0 Å². The molecule has 1 aliphatic carbocycles. The van der Waals surface area contributed by atoms with Crippen LogP contribution < -0.4 is 9.46 Å². The van der Waals surface area contributed by atoms with Crippen molar-refractivity contribution in [2.45, 2.75) is 63.0 Å². The lowest BCUT2D eigenvalue weighted by Gasteiger charge is -2.43. The number of hydrogen-bond acceptors (Lipinski definition) is 5. The van der Waals surface area contributed by atoms with Gasteiger partial charge < -0.3 is 4.74 Å². The van der Waals surface area contributed by atoms with Gasteiger partial charge in [-0.3, -0.25) is 4.79 Å². The highest BCUT2D eigenvalue weighted by Gasteiger charge is 2.45. The molecule has 1 saturated carbocycles. The Morgan fingerprint density at radius 1 is 1.18 bits per heavy atom. The molecule has 1 aromatic carbocycles. The first-order valence-corrected chi connectivity index (χ1v) is 11.4. The molecule has 2 heterocycles. The summed E-state index contributed by atoms with van der Waals surface area (Å²) in [5.74, 6) is 0.446. The molecular weight excluding hydrogens is 378 g/mol. The van der Waals surface area contributed by atoms with Crippen LogP contribution >= 0.6 is 0 Å². The van der Waals surface area contributed by atoms with Crippen LogP contribution in [0.1, 0.15) is 67.3 Å². The van der Waals surface area contributed by atoms with Gasteiger partial charge in [0.15, 0.2) is 5.78 Å². The first-order valence-electron chi connectivity index (χ1n) is 9.95. The minimum atomic E-state index is -3.51. The topological polar surface area (TPSA) is 99.5 Å². The minimum absolute atomic E-state index is 0.0309. The van der Waals surface area contributed by atoms with E-state index in [9.17, 15) is 13.2 Å². The van der Waals surface area contributed by atoms with Crippen LogP contribution in [0.2, 0.25) is 0 Å². The van der Waals surface area contributed by atoms with Gasteiger partial charge >= 0.3 is 0 Å². The Bertz CT molecular complexity index is 908. The molecule has 1 aromatic rings. The van der Waals surface area contributed by atoms with E-state index >= 15 is 0 Å². The van der Waals surface area contributed by atoms with Gasteiger partial charge in [0.1, 0.15) is 11.4 Å². The van der Waals surface area contributed by atoms with Gasteiger partial charge in [-0.05, 0) is 31.0 Å². The highest BCUT2D eigenvalue weighted by atomic mass is 32.2. The summed E-state index contributed by atoms with van der Waals surface area (Å²) >= 11 is 0. The Morgan fingerprint density at radius 2 is 1.89 bits per heavy atom. The maximum atomic E-state index is 12.7. The fourth-order valence-electron chi connectivity index (χ4n) is 4.48. The van der Waals surface area contributed by atoms with Crippen LogP contribution in [0.25, 0.3) is 0 Å². The van der Waals surface area contributed by atoms with Crippen molar-refractivity contribution in [1.29, 1.82) is 5.26 Å². The zero-order chi connectivity index (χ0) is 19.8. The maximum absolute atomic E-state index is 12.7. The molecule has 8 heteroatoms. The minimum Gasteiger partial charge on any atom is -0.486 e. The Labute approximate surface area is 165 Å². The van der Waals surface area contributed by atoms with Gasteiger partial charge in [-0.1, -0.05) is 19.3 Å². The predicted octanol–water partition coefficient (Wildman–Crippen LogP) is 2.53. The molecule has 0 amide bonds. The molecule has 1 spiro atoms. The third-order valence-electron chi connectivity index (χ3n) is 6.11. The van der Waals surface area contributed by atoms with E-state index in [0.29, 0.717) is 42.8 Å². The molecule has 0 aromatic heterocycles. The summed E-state index contributed by atoms with van der Waals surface area (Å²) in [5.41, 5.74) is 0.217. The molecular formula is C20H25N3O4S. The lowest BCUT2D eigenvalue weighted by atomic mass is 9.83. The number of fused-ring (bicyclic) bond motifs is 1. The van der Waals surface area contributed by atoms with E-state index in [1.165, 1.54) is 10.7 Å². The average Bonchev–Trinajstić information content (AvgIpc) is 2.68. The van der Waals surface area contributed by atoms with E-state index in [1.807, 2.05) is 6.07 Å². The van der Waals surface area contributed by atoms with Crippen molar-refractivity contribution in [3.63, 3.8) is 0 Å². The number of piperidine rings is 1. The number of hydrogen-bond donors (Lipinski definition) is 1. The average molecular weight is 404 g/mol. The second kappa shape index (κ2) is 7.47. The van der Waals surface area contributed by atoms with E-state index in [4.69, 9.17) is 10.00 Å². The fraction of sp³-hybridized carbons (Fsp3) is 0.600. The van der Waals surface area contributed by atoms with Crippen LogP contribution in [-0.4, -0.2) is 43.2 Å². The van der Waals surface area contributed by atoms with Crippen molar-refractivity contribution in [1.82, 2.24) is 9.03 Å². The second-order valence-electron chi connectivity index (χ2n) is 8.06. The molecule has 1 N–H and O–H groups in total. The Hall–Kier alpha value is -1.95. The number of nitriles is 1. The van der Waals surface area contributed by atoms with Gasteiger partial charge in [0.25, 0.3) is 10.2 Å². The second-order valence-corrected chi connectivity index (χ2v) is 9.77. The number of rotatable bonds is 3. The largest absolute Gasteiger partial charge is 0.486 e. The normalized spacial score (nSPS) is 23.0. The SMILES string of the molecule is N#Cc1ccc2c(c1)C(=O)CC1(CCN(S(=O)(=O)NC3CCCCC3)CC1)O2. The molecule has 2 fully saturated rings. The summed E-state index contributed by atoms with van der Waals surface area (Å²) < 4.78 is 36.0.